The molecule has 3 rings (SSSR count). The Labute approximate surface area is 192 Å². The van der Waals surface area contributed by atoms with Gasteiger partial charge in [0.1, 0.15) is 5.75 Å². The second kappa shape index (κ2) is 12.3. The van der Waals surface area contributed by atoms with E-state index in [1.54, 1.807) is 11.8 Å². The van der Waals surface area contributed by atoms with Crippen LogP contribution in [0.2, 0.25) is 0 Å². The molecular weight excluding hydrogens is 448 g/mol. The summed E-state index contributed by atoms with van der Waals surface area (Å²) in [6, 6.07) is 17.3. The van der Waals surface area contributed by atoms with Gasteiger partial charge >= 0.3 is 0 Å². The number of hydrogen-bond acceptors (Lipinski definition) is 8. The molecule has 0 saturated carbocycles. The maximum atomic E-state index is 10.9. The van der Waals surface area contributed by atoms with Crippen molar-refractivity contribution in [1.82, 2.24) is 10.2 Å². The second-order valence-corrected chi connectivity index (χ2v) is 9.47. The summed E-state index contributed by atoms with van der Waals surface area (Å²) in [5.74, 6) is 9.40. The molecule has 0 aliphatic heterocycles. The van der Waals surface area contributed by atoms with E-state index in [0.717, 1.165) is 28.9 Å². The van der Waals surface area contributed by atoms with Crippen LogP contribution in [0, 0.1) is 11.8 Å². The Kier molecular flexibility index (Phi) is 9.16. The standard InChI is InChI=1S/C23H24N2O5S2/c1-32(26,27)29-15-7-3-4-8-19-11-13-20(14-12-19)23-25-24-22(30-23)18-31-17-16-28-21-9-5-2-6-10-21/h2,5-6,9-14H,3,7,15-18H2,1H3. The van der Waals surface area contributed by atoms with E-state index in [4.69, 9.17) is 9.15 Å². The van der Waals surface area contributed by atoms with Crippen LogP contribution in [0.4, 0.5) is 0 Å². The van der Waals surface area contributed by atoms with E-state index in [9.17, 15) is 8.42 Å². The SMILES string of the molecule is CS(=O)(=O)OCCCC#Cc1ccc(-c2nnc(CSCCOc3ccccc3)o2)cc1. The summed E-state index contributed by atoms with van der Waals surface area (Å²) >= 11 is 1.67. The molecule has 32 heavy (non-hydrogen) atoms. The fourth-order valence-corrected chi connectivity index (χ4v) is 3.61. The maximum Gasteiger partial charge on any atom is 0.264 e. The molecule has 168 valence electrons. The largest absolute Gasteiger partial charge is 0.493 e. The van der Waals surface area contributed by atoms with Crippen LogP contribution >= 0.6 is 11.8 Å². The van der Waals surface area contributed by atoms with Crippen molar-refractivity contribution in [2.45, 2.75) is 18.6 Å². The minimum atomic E-state index is -3.39. The number of para-hydroxylation sites is 1. The molecule has 0 radical (unpaired) electrons. The molecule has 0 spiro atoms. The predicted molar refractivity (Wildman–Crippen MR) is 125 cm³/mol. The predicted octanol–water partition coefficient (Wildman–Crippen LogP) is 4.16. The topological polar surface area (TPSA) is 91.5 Å². The molecule has 0 amide bonds. The van der Waals surface area contributed by atoms with Gasteiger partial charge in [0, 0.05) is 23.3 Å². The average Bonchev–Trinajstić information content (AvgIpc) is 3.25. The van der Waals surface area contributed by atoms with Crippen LogP contribution in [0.15, 0.2) is 59.0 Å². The summed E-state index contributed by atoms with van der Waals surface area (Å²) in [5.41, 5.74) is 1.68. The number of ether oxygens (including phenoxy) is 1. The molecule has 2 aromatic carbocycles. The highest BCUT2D eigenvalue weighted by Crippen LogP contribution is 2.20. The van der Waals surface area contributed by atoms with Crippen molar-refractivity contribution in [2.75, 3.05) is 25.2 Å². The molecule has 0 fully saturated rings. The average molecular weight is 473 g/mol. The molecule has 0 aliphatic carbocycles. The summed E-state index contributed by atoms with van der Waals surface area (Å²) in [4.78, 5) is 0. The van der Waals surface area contributed by atoms with Gasteiger partial charge in [0.15, 0.2) is 0 Å². The smallest absolute Gasteiger partial charge is 0.264 e. The lowest BCUT2D eigenvalue weighted by atomic mass is 10.1. The number of benzene rings is 2. The van der Waals surface area contributed by atoms with Crippen molar-refractivity contribution in [2.24, 2.45) is 0 Å². The lowest BCUT2D eigenvalue weighted by molar-refractivity contribution is 0.317. The minimum absolute atomic E-state index is 0.143. The van der Waals surface area contributed by atoms with Crippen LogP contribution in [0.25, 0.3) is 11.5 Å². The molecule has 0 atom stereocenters. The van der Waals surface area contributed by atoms with E-state index in [0.29, 0.717) is 37.0 Å². The lowest BCUT2D eigenvalue weighted by Gasteiger charge is -2.04. The summed E-state index contributed by atoms with van der Waals surface area (Å²) < 4.78 is 37.8. The van der Waals surface area contributed by atoms with Crippen LogP contribution in [0.5, 0.6) is 5.75 Å². The van der Waals surface area contributed by atoms with E-state index in [1.807, 2.05) is 54.6 Å². The quantitative estimate of drug-likeness (QED) is 0.233. The number of nitrogens with zero attached hydrogens (tertiary/aromatic N) is 2. The van der Waals surface area contributed by atoms with Gasteiger partial charge in [0.2, 0.25) is 11.8 Å². The Morgan fingerprint density at radius 3 is 2.56 bits per heavy atom. The first-order chi connectivity index (χ1) is 15.5. The molecule has 1 heterocycles. The summed E-state index contributed by atoms with van der Waals surface area (Å²) in [6.07, 6.45) is 2.14. The lowest BCUT2D eigenvalue weighted by Crippen LogP contribution is -2.03. The number of hydrogen-bond donors (Lipinski definition) is 0. The molecule has 0 saturated heterocycles. The zero-order valence-electron chi connectivity index (χ0n) is 17.7. The summed E-state index contributed by atoms with van der Waals surface area (Å²) in [5, 5.41) is 8.22. The Morgan fingerprint density at radius 1 is 1.03 bits per heavy atom. The van der Waals surface area contributed by atoms with Crippen molar-refractivity contribution in [3.8, 4) is 29.0 Å². The zero-order valence-corrected chi connectivity index (χ0v) is 19.3. The fourth-order valence-electron chi connectivity index (χ4n) is 2.55. The van der Waals surface area contributed by atoms with E-state index in [-0.39, 0.29) is 6.61 Å². The van der Waals surface area contributed by atoms with Gasteiger partial charge < -0.3 is 9.15 Å². The first-order valence-corrected chi connectivity index (χ1v) is 13.0. The number of aromatic nitrogens is 2. The Balaban J connectivity index is 1.39. The molecule has 1 aromatic heterocycles. The zero-order chi connectivity index (χ0) is 22.7. The number of rotatable bonds is 11. The highest BCUT2D eigenvalue weighted by molar-refractivity contribution is 7.98. The van der Waals surface area contributed by atoms with Crippen molar-refractivity contribution in [3.63, 3.8) is 0 Å². The molecule has 0 N–H and O–H groups in total. The summed E-state index contributed by atoms with van der Waals surface area (Å²) in [7, 11) is -3.39. The van der Waals surface area contributed by atoms with Crippen LogP contribution in [0.1, 0.15) is 24.3 Å². The van der Waals surface area contributed by atoms with Crippen molar-refractivity contribution in [1.29, 1.82) is 0 Å². The molecular formula is C23H24N2O5S2. The molecule has 0 unspecified atom stereocenters. The molecule has 0 aliphatic rings. The summed E-state index contributed by atoms with van der Waals surface area (Å²) in [6.45, 7) is 0.757. The van der Waals surface area contributed by atoms with E-state index in [2.05, 4.69) is 26.2 Å². The van der Waals surface area contributed by atoms with Crippen LogP contribution in [0.3, 0.4) is 0 Å². The molecule has 3 aromatic rings. The Bertz CT molecular complexity index is 1130. The first-order valence-electron chi connectivity index (χ1n) is 10.0. The van der Waals surface area contributed by atoms with Gasteiger partial charge in [-0.3, -0.25) is 4.18 Å². The van der Waals surface area contributed by atoms with Crippen molar-refractivity contribution < 1.29 is 21.8 Å². The van der Waals surface area contributed by atoms with E-state index in [1.165, 1.54) is 0 Å². The Morgan fingerprint density at radius 2 is 1.81 bits per heavy atom. The third-order valence-electron chi connectivity index (χ3n) is 4.04. The van der Waals surface area contributed by atoms with Crippen molar-refractivity contribution >= 4 is 21.9 Å². The monoisotopic (exact) mass is 472 g/mol. The van der Waals surface area contributed by atoms with E-state index >= 15 is 0 Å². The van der Waals surface area contributed by atoms with Gasteiger partial charge in [-0.25, -0.2) is 0 Å². The highest BCUT2D eigenvalue weighted by atomic mass is 32.2. The number of unbranched alkanes of at least 4 members (excludes halogenated alkanes) is 1. The van der Waals surface area contributed by atoms with Gasteiger partial charge in [-0.1, -0.05) is 30.0 Å². The molecule has 0 bridgehead atoms. The van der Waals surface area contributed by atoms with Gasteiger partial charge in [-0.05, 0) is 42.8 Å². The molecule has 9 heteroatoms. The normalized spacial score (nSPS) is 11.0. The van der Waals surface area contributed by atoms with E-state index < -0.39 is 10.1 Å². The second-order valence-electron chi connectivity index (χ2n) is 6.72. The number of thioether (sulfide) groups is 1. The Hall–Kier alpha value is -2.80. The van der Waals surface area contributed by atoms with Crippen molar-refractivity contribution in [3.05, 3.63) is 66.1 Å². The fraction of sp³-hybridized carbons (Fsp3) is 0.304. The van der Waals surface area contributed by atoms with Gasteiger partial charge in [-0.15, -0.1) is 22.0 Å². The van der Waals surface area contributed by atoms with Crippen LogP contribution < -0.4 is 4.74 Å². The first kappa shape index (κ1) is 23.9. The minimum Gasteiger partial charge on any atom is -0.493 e. The third-order valence-corrected chi connectivity index (χ3v) is 5.54. The van der Waals surface area contributed by atoms with Gasteiger partial charge in [0.25, 0.3) is 10.1 Å². The third kappa shape index (κ3) is 8.75. The van der Waals surface area contributed by atoms with Crippen LogP contribution in [-0.2, 0) is 20.1 Å². The van der Waals surface area contributed by atoms with Gasteiger partial charge in [-0.2, -0.15) is 8.42 Å². The maximum absolute atomic E-state index is 10.9. The van der Waals surface area contributed by atoms with Gasteiger partial charge in [0.05, 0.1) is 25.2 Å². The molecule has 7 nitrogen and oxygen atoms in total. The van der Waals surface area contributed by atoms with Crippen LogP contribution in [-0.4, -0.2) is 43.8 Å². The highest BCUT2D eigenvalue weighted by Gasteiger charge is 2.08.